The van der Waals surface area contributed by atoms with Crippen LogP contribution in [-0.2, 0) is 16.0 Å². The van der Waals surface area contributed by atoms with Gasteiger partial charge < -0.3 is 20.3 Å². The maximum Gasteiger partial charge on any atom is 0.160 e. The predicted octanol–water partition coefficient (Wildman–Crippen LogP) is 4.26. The number of rotatable bonds is 6. The van der Waals surface area contributed by atoms with Gasteiger partial charge in [0, 0.05) is 19.4 Å². The molecule has 2 unspecified atom stereocenters. The van der Waals surface area contributed by atoms with Gasteiger partial charge in [-0.1, -0.05) is 26.3 Å². The third kappa shape index (κ3) is 8.31. The van der Waals surface area contributed by atoms with Gasteiger partial charge in [-0.25, -0.2) is 0 Å². The van der Waals surface area contributed by atoms with E-state index < -0.39 is 0 Å². The maximum atomic E-state index is 11.8. The topological polar surface area (TPSA) is 81.8 Å². The lowest BCUT2D eigenvalue weighted by Gasteiger charge is -2.27. The monoisotopic (exact) mass is 381 g/mol. The van der Waals surface area contributed by atoms with Gasteiger partial charge in [0.25, 0.3) is 0 Å². The number of phenols is 1. The van der Waals surface area contributed by atoms with Gasteiger partial charge in [0.2, 0.25) is 0 Å². The quantitative estimate of drug-likeness (QED) is 0.769. The fraction of sp³-hybridized carbons (Fsp3) is 0.682. The van der Waals surface area contributed by atoms with Crippen molar-refractivity contribution in [3.05, 3.63) is 23.3 Å². The molecule has 0 heterocycles. The molecule has 2 rings (SSSR count). The molecule has 0 saturated heterocycles. The normalized spacial score (nSPS) is 18.7. The van der Waals surface area contributed by atoms with Gasteiger partial charge in [-0.2, -0.15) is 0 Å². The van der Waals surface area contributed by atoms with Crippen LogP contribution < -0.4 is 10.5 Å². The summed E-state index contributed by atoms with van der Waals surface area (Å²) in [4.78, 5) is 11.8. The smallest absolute Gasteiger partial charge is 0.160 e. The van der Waals surface area contributed by atoms with E-state index in [1.165, 1.54) is 13.5 Å². The summed E-state index contributed by atoms with van der Waals surface area (Å²) >= 11 is 0. The third-order valence-electron chi connectivity index (χ3n) is 4.79. The Labute approximate surface area is 165 Å². The zero-order chi connectivity index (χ0) is 20.8. The average molecular weight is 382 g/mol. The molecule has 1 aromatic rings. The van der Waals surface area contributed by atoms with Crippen molar-refractivity contribution in [3.63, 3.8) is 0 Å². The number of carbonyl (C=O) groups is 1. The SMILES string of the molecule is CCC.CN.COCC1CC(CCc2ccc(OC)c(O)c2C)CCC1=O. The van der Waals surface area contributed by atoms with Crippen LogP contribution in [-0.4, -0.2) is 38.8 Å². The molecule has 1 aliphatic carbocycles. The number of hydrogen-bond acceptors (Lipinski definition) is 5. The molecule has 0 radical (unpaired) electrons. The van der Waals surface area contributed by atoms with Crippen molar-refractivity contribution in [3.8, 4) is 11.5 Å². The second kappa shape index (κ2) is 14.5. The molecule has 0 bridgehead atoms. The average Bonchev–Trinajstić information content (AvgIpc) is 2.68. The van der Waals surface area contributed by atoms with Crippen LogP contribution >= 0.6 is 0 Å². The number of phenolic OH excluding ortho intramolecular Hbond substituents is 1. The molecule has 27 heavy (non-hydrogen) atoms. The number of ether oxygens (including phenoxy) is 2. The summed E-state index contributed by atoms with van der Waals surface area (Å²) in [6.07, 6.45) is 5.78. The van der Waals surface area contributed by atoms with Crippen molar-refractivity contribution in [2.24, 2.45) is 17.6 Å². The summed E-state index contributed by atoms with van der Waals surface area (Å²) in [6.45, 7) is 6.71. The van der Waals surface area contributed by atoms with E-state index in [9.17, 15) is 9.90 Å². The number of Topliss-reactive ketones (excluding diaryl/α,β-unsaturated/α-hetero) is 1. The van der Waals surface area contributed by atoms with E-state index in [0.29, 0.717) is 30.5 Å². The minimum absolute atomic E-state index is 0.0640. The van der Waals surface area contributed by atoms with E-state index >= 15 is 0 Å². The highest BCUT2D eigenvalue weighted by molar-refractivity contribution is 5.81. The van der Waals surface area contributed by atoms with Crippen molar-refractivity contribution >= 4 is 5.78 Å². The fourth-order valence-electron chi connectivity index (χ4n) is 3.34. The lowest BCUT2D eigenvalue weighted by Crippen LogP contribution is -2.28. The summed E-state index contributed by atoms with van der Waals surface area (Å²) in [5, 5.41) is 10.1. The van der Waals surface area contributed by atoms with Crippen molar-refractivity contribution < 1.29 is 19.4 Å². The molecule has 1 fully saturated rings. The molecule has 5 nitrogen and oxygen atoms in total. The molecule has 1 saturated carbocycles. The van der Waals surface area contributed by atoms with Crippen molar-refractivity contribution in [1.82, 2.24) is 0 Å². The first-order valence-corrected chi connectivity index (χ1v) is 9.93. The van der Waals surface area contributed by atoms with Crippen LogP contribution in [0.5, 0.6) is 11.5 Å². The molecule has 0 aromatic heterocycles. The number of methoxy groups -OCH3 is 2. The fourth-order valence-corrected chi connectivity index (χ4v) is 3.34. The molecule has 0 aliphatic heterocycles. The zero-order valence-electron chi connectivity index (χ0n) is 18.0. The van der Waals surface area contributed by atoms with E-state index in [4.69, 9.17) is 9.47 Å². The van der Waals surface area contributed by atoms with Crippen LogP contribution in [0.3, 0.4) is 0 Å². The summed E-state index contributed by atoms with van der Waals surface area (Å²) in [5.41, 5.74) is 6.54. The van der Waals surface area contributed by atoms with E-state index in [-0.39, 0.29) is 11.7 Å². The lowest BCUT2D eigenvalue weighted by molar-refractivity contribution is -0.127. The molecule has 2 atom stereocenters. The van der Waals surface area contributed by atoms with Gasteiger partial charge in [0.1, 0.15) is 5.78 Å². The van der Waals surface area contributed by atoms with Crippen LogP contribution in [0, 0.1) is 18.8 Å². The summed E-state index contributed by atoms with van der Waals surface area (Å²) < 4.78 is 10.3. The molecule has 156 valence electrons. The number of carbonyl (C=O) groups excluding carboxylic acids is 1. The minimum atomic E-state index is 0.0640. The highest BCUT2D eigenvalue weighted by Gasteiger charge is 2.28. The second-order valence-electron chi connectivity index (χ2n) is 6.91. The zero-order valence-corrected chi connectivity index (χ0v) is 18.0. The molecular formula is C22H39NO4. The summed E-state index contributed by atoms with van der Waals surface area (Å²) in [7, 11) is 4.71. The lowest BCUT2D eigenvalue weighted by atomic mass is 9.78. The summed E-state index contributed by atoms with van der Waals surface area (Å²) in [6, 6.07) is 3.84. The Bertz CT molecular complexity index is 545. The first-order chi connectivity index (χ1) is 13.0. The van der Waals surface area contributed by atoms with Gasteiger partial charge in [-0.3, -0.25) is 4.79 Å². The van der Waals surface area contributed by atoms with Gasteiger partial charge in [-0.15, -0.1) is 0 Å². The Morgan fingerprint density at radius 3 is 2.41 bits per heavy atom. The third-order valence-corrected chi connectivity index (χ3v) is 4.79. The van der Waals surface area contributed by atoms with Crippen LogP contribution in [0.2, 0.25) is 0 Å². The van der Waals surface area contributed by atoms with E-state index in [1.54, 1.807) is 14.2 Å². The number of aryl methyl sites for hydroxylation is 1. The first-order valence-electron chi connectivity index (χ1n) is 9.93. The molecule has 3 N–H and O–H groups in total. The molecular weight excluding hydrogens is 342 g/mol. The number of aromatic hydroxyl groups is 1. The van der Waals surface area contributed by atoms with Gasteiger partial charge >= 0.3 is 0 Å². The minimum Gasteiger partial charge on any atom is -0.504 e. The summed E-state index contributed by atoms with van der Waals surface area (Å²) in [5.74, 6) is 1.72. The molecule has 1 aromatic carbocycles. The van der Waals surface area contributed by atoms with Gasteiger partial charge in [-0.05, 0) is 62.8 Å². The Hall–Kier alpha value is -1.59. The largest absolute Gasteiger partial charge is 0.504 e. The van der Waals surface area contributed by atoms with E-state index in [1.807, 2.05) is 19.1 Å². The van der Waals surface area contributed by atoms with Crippen molar-refractivity contribution in [2.45, 2.75) is 59.3 Å². The van der Waals surface area contributed by atoms with Gasteiger partial charge in [0.05, 0.1) is 13.7 Å². The first kappa shape index (κ1) is 25.4. The van der Waals surface area contributed by atoms with Gasteiger partial charge in [0.15, 0.2) is 11.5 Å². The van der Waals surface area contributed by atoms with E-state index in [2.05, 4.69) is 19.6 Å². The molecule has 5 heteroatoms. The maximum absolute atomic E-state index is 11.8. The Morgan fingerprint density at radius 2 is 1.85 bits per heavy atom. The Balaban J connectivity index is 0.00000123. The molecule has 0 amide bonds. The Morgan fingerprint density at radius 1 is 1.22 bits per heavy atom. The highest BCUT2D eigenvalue weighted by Crippen LogP contribution is 2.34. The second-order valence-corrected chi connectivity index (χ2v) is 6.91. The highest BCUT2D eigenvalue weighted by atomic mass is 16.5. The number of nitrogens with two attached hydrogens (primary N) is 1. The van der Waals surface area contributed by atoms with Crippen molar-refractivity contribution in [2.75, 3.05) is 27.9 Å². The predicted molar refractivity (Wildman–Crippen MR) is 112 cm³/mol. The van der Waals surface area contributed by atoms with Crippen LogP contribution in [0.1, 0.15) is 57.1 Å². The molecule has 1 aliphatic rings. The standard InChI is InChI=1S/C18H26O4.C3H8.CH5N/c1-12-14(7-9-17(22-3)18(12)20)6-4-13-5-8-16(19)15(10-13)11-21-2;1-3-2;1-2/h7,9,13,15,20H,4-6,8,10-11H2,1-3H3;3H2,1-2H3;2H2,1H3. The van der Waals surface area contributed by atoms with Crippen molar-refractivity contribution in [1.29, 1.82) is 0 Å². The van der Waals surface area contributed by atoms with Crippen LogP contribution in [0.25, 0.3) is 0 Å². The van der Waals surface area contributed by atoms with Crippen LogP contribution in [0.15, 0.2) is 12.1 Å². The molecule has 0 spiro atoms. The number of benzene rings is 1. The van der Waals surface area contributed by atoms with Crippen LogP contribution in [0.4, 0.5) is 0 Å². The number of ketones is 1. The Kier molecular flexibility index (Phi) is 13.6. The number of hydrogen-bond donors (Lipinski definition) is 2. The van der Waals surface area contributed by atoms with E-state index in [0.717, 1.165) is 36.8 Å².